The summed E-state index contributed by atoms with van der Waals surface area (Å²) in [6.45, 7) is 2.25. The van der Waals surface area contributed by atoms with E-state index in [9.17, 15) is 10.1 Å². The molecule has 18 heavy (non-hydrogen) atoms. The van der Waals surface area contributed by atoms with Crippen molar-refractivity contribution in [2.24, 2.45) is 5.92 Å². The minimum Gasteiger partial charge on any atom is -0.383 e. The zero-order valence-electron chi connectivity index (χ0n) is 10.4. The van der Waals surface area contributed by atoms with E-state index in [2.05, 4.69) is 17.2 Å². The number of nitrogens with two attached hydrogens (primary N) is 1. The highest BCUT2D eigenvalue weighted by Gasteiger charge is 2.19. The number of aromatic nitrogens is 1. The van der Waals surface area contributed by atoms with Crippen molar-refractivity contribution in [3.05, 3.63) is 22.2 Å². The summed E-state index contributed by atoms with van der Waals surface area (Å²) in [4.78, 5) is 14.4. The fraction of sp³-hybridized carbons (Fsp3) is 0.583. The molecule has 6 nitrogen and oxygen atoms in total. The van der Waals surface area contributed by atoms with Crippen molar-refractivity contribution in [3.8, 4) is 0 Å². The van der Waals surface area contributed by atoms with Crippen LogP contribution in [0.3, 0.4) is 0 Å². The van der Waals surface area contributed by atoms with Crippen LogP contribution in [0.5, 0.6) is 0 Å². The van der Waals surface area contributed by atoms with E-state index in [0.29, 0.717) is 11.9 Å². The lowest BCUT2D eigenvalue weighted by atomic mass is 9.87. The molecule has 1 aliphatic carbocycles. The summed E-state index contributed by atoms with van der Waals surface area (Å²) in [5.41, 5.74) is 5.55. The van der Waals surface area contributed by atoms with Gasteiger partial charge in [0, 0.05) is 6.04 Å². The molecule has 1 heterocycles. The highest BCUT2D eigenvalue weighted by molar-refractivity contribution is 5.53. The van der Waals surface area contributed by atoms with Crippen molar-refractivity contribution in [1.82, 2.24) is 4.98 Å². The molecule has 1 aromatic heterocycles. The average Bonchev–Trinajstić information content (AvgIpc) is 2.31. The minimum absolute atomic E-state index is 0.0193. The highest BCUT2D eigenvalue weighted by Crippen LogP contribution is 2.27. The number of nitro groups is 1. The van der Waals surface area contributed by atoms with Gasteiger partial charge in [0.25, 0.3) is 5.69 Å². The Morgan fingerprint density at radius 3 is 2.67 bits per heavy atom. The molecule has 6 heteroatoms. The van der Waals surface area contributed by atoms with Crippen LogP contribution in [-0.4, -0.2) is 15.9 Å². The fourth-order valence-electron chi connectivity index (χ4n) is 2.33. The van der Waals surface area contributed by atoms with E-state index in [0.717, 1.165) is 18.8 Å². The van der Waals surface area contributed by atoms with Gasteiger partial charge in [0.1, 0.15) is 11.6 Å². The number of hydrogen-bond donors (Lipinski definition) is 2. The molecular weight excluding hydrogens is 232 g/mol. The van der Waals surface area contributed by atoms with Gasteiger partial charge >= 0.3 is 0 Å². The first-order valence-electron chi connectivity index (χ1n) is 6.23. The third-order valence-corrected chi connectivity index (χ3v) is 3.41. The zero-order chi connectivity index (χ0) is 13.1. The van der Waals surface area contributed by atoms with Crippen LogP contribution in [0.4, 0.5) is 17.3 Å². The number of nitrogens with one attached hydrogen (secondary N) is 1. The second-order valence-electron chi connectivity index (χ2n) is 4.99. The summed E-state index contributed by atoms with van der Waals surface area (Å²) in [6, 6.07) is 3.05. The topological polar surface area (TPSA) is 94.1 Å². The number of pyridine rings is 1. The first-order chi connectivity index (χ1) is 8.54. The second kappa shape index (κ2) is 5.20. The molecule has 0 aliphatic heterocycles. The Bertz CT molecular complexity index is 442. The van der Waals surface area contributed by atoms with Gasteiger partial charge in [-0.3, -0.25) is 10.1 Å². The van der Waals surface area contributed by atoms with Gasteiger partial charge in [-0.25, -0.2) is 4.98 Å². The Labute approximate surface area is 106 Å². The quantitative estimate of drug-likeness (QED) is 0.635. The maximum atomic E-state index is 10.7. The number of hydrogen-bond acceptors (Lipinski definition) is 5. The first kappa shape index (κ1) is 12.6. The van der Waals surface area contributed by atoms with Gasteiger partial charge in [-0.15, -0.1) is 0 Å². The molecule has 0 radical (unpaired) electrons. The number of nitrogen functional groups attached to an aromatic ring is 1. The number of rotatable bonds is 3. The van der Waals surface area contributed by atoms with Gasteiger partial charge in [-0.05, 0) is 31.6 Å². The van der Waals surface area contributed by atoms with Gasteiger partial charge in [0.15, 0.2) is 0 Å². The minimum atomic E-state index is -0.452. The summed E-state index contributed by atoms with van der Waals surface area (Å²) in [5, 5.41) is 14.0. The second-order valence-corrected chi connectivity index (χ2v) is 4.99. The first-order valence-corrected chi connectivity index (χ1v) is 6.23. The normalized spacial score (nSPS) is 23.6. The van der Waals surface area contributed by atoms with Crippen LogP contribution in [-0.2, 0) is 0 Å². The number of nitrogens with zero attached hydrogens (tertiary/aromatic N) is 2. The smallest absolute Gasteiger partial charge is 0.276 e. The molecule has 1 fully saturated rings. The van der Waals surface area contributed by atoms with Gasteiger partial charge in [-0.2, -0.15) is 0 Å². The van der Waals surface area contributed by atoms with Crippen LogP contribution in [0.25, 0.3) is 0 Å². The van der Waals surface area contributed by atoms with Crippen LogP contribution in [0, 0.1) is 16.0 Å². The molecule has 0 spiro atoms. The van der Waals surface area contributed by atoms with Crippen LogP contribution in [0.2, 0.25) is 0 Å². The van der Waals surface area contributed by atoms with Crippen LogP contribution < -0.4 is 11.1 Å². The van der Waals surface area contributed by atoms with Crippen molar-refractivity contribution in [1.29, 1.82) is 0 Å². The van der Waals surface area contributed by atoms with Gasteiger partial charge in [-0.1, -0.05) is 6.92 Å². The SMILES string of the molecule is CC1CCC(Nc2cc([N+](=O)[O-])cc(N)n2)CC1. The fourth-order valence-corrected chi connectivity index (χ4v) is 2.33. The van der Waals surface area contributed by atoms with Crippen molar-refractivity contribution in [2.75, 3.05) is 11.1 Å². The van der Waals surface area contributed by atoms with E-state index >= 15 is 0 Å². The highest BCUT2D eigenvalue weighted by atomic mass is 16.6. The van der Waals surface area contributed by atoms with Crippen molar-refractivity contribution >= 4 is 17.3 Å². The molecule has 1 aromatic rings. The van der Waals surface area contributed by atoms with Gasteiger partial charge in [0.05, 0.1) is 17.1 Å². The van der Waals surface area contributed by atoms with Gasteiger partial charge in [0.2, 0.25) is 0 Å². The van der Waals surface area contributed by atoms with E-state index < -0.39 is 4.92 Å². The summed E-state index contributed by atoms with van der Waals surface area (Å²) in [7, 11) is 0. The molecule has 0 aromatic carbocycles. The predicted molar refractivity (Wildman–Crippen MR) is 70.3 cm³/mol. The molecule has 0 amide bonds. The Morgan fingerprint density at radius 1 is 1.39 bits per heavy atom. The van der Waals surface area contributed by atoms with Crippen LogP contribution in [0.1, 0.15) is 32.6 Å². The van der Waals surface area contributed by atoms with Crippen molar-refractivity contribution in [2.45, 2.75) is 38.6 Å². The summed E-state index contributed by atoms with van der Waals surface area (Å²) in [6.07, 6.45) is 4.51. The van der Waals surface area contributed by atoms with E-state index in [4.69, 9.17) is 5.73 Å². The largest absolute Gasteiger partial charge is 0.383 e. The van der Waals surface area contributed by atoms with Crippen molar-refractivity contribution in [3.63, 3.8) is 0 Å². The molecule has 3 N–H and O–H groups in total. The Morgan fingerprint density at radius 2 is 2.06 bits per heavy atom. The van der Waals surface area contributed by atoms with Crippen LogP contribution >= 0.6 is 0 Å². The lowest BCUT2D eigenvalue weighted by Gasteiger charge is -2.27. The summed E-state index contributed by atoms with van der Waals surface area (Å²) >= 11 is 0. The molecule has 0 saturated heterocycles. The van der Waals surface area contributed by atoms with Crippen molar-refractivity contribution < 1.29 is 4.92 Å². The third kappa shape index (κ3) is 3.09. The van der Waals surface area contributed by atoms with E-state index in [-0.39, 0.29) is 11.5 Å². The van der Waals surface area contributed by atoms with E-state index in [1.807, 2.05) is 0 Å². The monoisotopic (exact) mass is 250 g/mol. The third-order valence-electron chi connectivity index (χ3n) is 3.41. The zero-order valence-corrected chi connectivity index (χ0v) is 10.4. The standard InChI is InChI=1S/C12H18N4O2/c1-8-2-4-9(5-3-8)14-12-7-10(16(17)18)6-11(13)15-12/h6-9H,2-5H2,1H3,(H3,13,14,15). The van der Waals surface area contributed by atoms with Gasteiger partial charge < -0.3 is 11.1 Å². The summed E-state index contributed by atoms with van der Waals surface area (Å²) in [5.74, 6) is 1.45. The average molecular weight is 250 g/mol. The summed E-state index contributed by atoms with van der Waals surface area (Å²) < 4.78 is 0. The molecule has 98 valence electrons. The predicted octanol–water partition coefficient (Wildman–Crippen LogP) is 2.56. The Kier molecular flexibility index (Phi) is 3.64. The van der Waals surface area contributed by atoms with E-state index in [1.165, 1.54) is 25.0 Å². The molecule has 0 unspecified atom stereocenters. The molecule has 1 aliphatic rings. The maximum absolute atomic E-state index is 10.7. The number of anilines is 2. The van der Waals surface area contributed by atoms with E-state index in [1.54, 1.807) is 0 Å². The lowest BCUT2D eigenvalue weighted by molar-refractivity contribution is -0.384. The van der Waals surface area contributed by atoms with Crippen LogP contribution in [0.15, 0.2) is 12.1 Å². The maximum Gasteiger partial charge on any atom is 0.276 e. The lowest BCUT2D eigenvalue weighted by Crippen LogP contribution is -2.25. The molecule has 0 bridgehead atoms. The Balaban J connectivity index is 2.07. The molecule has 1 saturated carbocycles. The molecule has 0 atom stereocenters. The molecular formula is C12H18N4O2. The Hall–Kier alpha value is -1.85. The molecule has 2 rings (SSSR count).